The Bertz CT molecular complexity index is 635. The van der Waals surface area contributed by atoms with Crippen LogP contribution in [0.5, 0.6) is 11.5 Å². The highest BCUT2D eigenvalue weighted by atomic mass is 19.1. The summed E-state index contributed by atoms with van der Waals surface area (Å²) in [5, 5.41) is 9.87. The number of aliphatic hydroxyl groups is 1. The molecule has 0 aliphatic carbocycles. The van der Waals surface area contributed by atoms with Crippen molar-refractivity contribution < 1.29 is 18.6 Å². The van der Waals surface area contributed by atoms with E-state index >= 15 is 0 Å². The van der Waals surface area contributed by atoms with Gasteiger partial charge < -0.3 is 9.84 Å². The zero-order chi connectivity index (χ0) is 14.8. The fraction of sp³-hybridized carbons (Fsp3) is 0.125. The molecule has 2 aromatic carbocycles. The average molecular weight is 274 g/mol. The van der Waals surface area contributed by atoms with E-state index in [2.05, 4.69) is 5.92 Å². The molecule has 1 atom stereocenters. The molecule has 0 spiro atoms. The van der Waals surface area contributed by atoms with E-state index < -0.39 is 23.0 Å². The van der Waals surface area contributed by atoms with Gasteiger partial charge in [0.25, 0.3) is 0 Å². The van der Waals surface area contributed by atoms with Crippen molar-refractivity contribution in [1.82, 2.24) is 0 Å². The number of para-hydroxylation sites is 1. The predicted octanol–water partition coefficient (Wildman–Crippen LogP) is 3.60. The lowest BCUT2D eigenvalue weighted by molar-refractivity contribution is 0.122. The average Bonchev–Trinajstić information content (AvgIpc) is 2.43. The Hall–Kier alpha value is -2.38. The summed E-state index contributed by atoms with van der Waals surface area (Å²) < 4.78 is 32.0. The molecule has 2 nitrogen and oxygen atoms in total. The number of hydrogen-bond acceptors (Lipinski definition) is 2. The first-order valence-electron chi connectivity index (χ1n) is 5.86. The summed E-state index contributed by atoms with van der Waals surface area (Å²) in [6.07, 6.45) is 5.21. The van der Waals surface area contributed by atoms with Crippen molar-refractivity contribution in [2.24, 2.45) is 0 Å². The number of ether oxygens (including phenoxy) is 1. The third-order valence-electron chi connectivity index (χ3n) is 2.84. The maximum absolute atomic E-state index is 13.4. The van der Waals surface area contributed by atoms with E-state index in [-0.39, 0.29) is 5.75 Å². The number of halogens is 2. The van der Waals surface area contributed by atoms with E-state index in [9.17, 15) is 13.9 Å². The number of terminal acetylenes is 1. The molecule has 0 heterocycles. The van der Waals surface area contributed by atoms with Crippen LogP contribution in [0.25, 0.3) is 0 Å². The molecule has 102 valence electrons. The first-order valence-corrected chi connectivity index (χ1v) is 5.86. The smallest absolute Gasteiger partial charge is 0.198 e. The fourth-order valence-electron chi connectivity index (χ4n) is 1.63. The lowest BCUT2D eigenvalue weighted by atomic mass is 9.97. The molecule has 0 aliphatic heterocycles. The van der Waals surface area contributed by atoms with E-state index in [4.69, 9.17) is 11.2 Å². The first kappa shape index (κ1) is 14.0. The molecule has 4 heteroatoms. The van der Waals surface area contributed by atoms with Crippen LogP contribution in [0, 0.1) is 24.0 Å². The zero-order valence-electron chi connectivity index (χ0n) is 10.7. The van der Waals surface area contributed by atoms with Gasteiger partial charge in [0.15, 0.2) is 17.4 Å². The van der Waals surface area contributed by atoms with Gasteiger partial charge in [0.05, 0.1) is 0 Å². The van der Waals surface area contributed by atoms with Crippen molar-refractivity contribution in [1.29, 1.82) is 0 Å². The summed E-state index contributed by atoms with van der Waals surface area (Å²) in [4.78, 5) is 0. The van der Waals surface area contributed by atoms with Crippen molar-refractivity contribution in [3.63, 3.8) is 0 Å². The maximum atomic E-state index is 13.4. The third-order valence-corrected chi connectivity index (χ3v) is 2.84. The Balaban J connectivity index is 2.27. The Morgan fingerprint density at radius 3 is 2.15 bits per heavy atom. The Morgan fingerprint density at radius 2 is 1.65 bits per heavy atom. The highest BCUT2D eigenvalue weighted by Gasteiger charge is 2.19. The molecule has 0 amide bonds. The SMILES string of the molecule is C#CC(C)(O)c1ccc(Oc2c(F)cccc2F)cc1. The van der Waals surface area contributed by atoms with Crippen LogP contribution < -0.4 is 4.74 Å². The molecule has 0 radical (unpaired) electrons. The topological polar surface area (TPSA) is 29.5 Å². The van der Waals surface area contributed by atoms with Crippen molar-refractivity contribution in [2.45, 2.75) is 12.5 Å². The largest absolute Gasteiger partial charge is 0.451 e. The predicted molar refractivity (Wildman–Crippen MR) is 71.3 cm³/mol. The van der Waals surface area contributed by atoms with Gasteiger partial charge in [0.2, 0.25) is 0 Å². The molecular weight excluding hydrogens is 262 g/mol. The molecular formula is C16H12F2O2. The number of hydrogen-bond donors (Lipinski definition) is 1. The second-order valence-electron chi connectivity index (χ2n) is 4.39. The van der Waals surface area contributed by atoms with Gasteiger partial charge in [-0.1, -0.05) is 24.1 Å². The van der Waals surface area contributed by atoms with Gasteiger partial charge in [-0.25, -0.2) is 8.78 Å². The lowest BCUT2D eigenvalue weighted by Gasteiger charge is -2.17. The van der Waals surface area contributed by atoms with Crippen molar-refractivity contribution >= 4 is 0 Å². The molecule has 20 heavy (non-hydrogen) atoms. The van der Waals surface area contributed by atoms with Crippen molar-refractivity contribution in [2.75, 3.05) is 0 Å². The third kappa shape index (κ3) is 2.79. The summed E-state index contributed by atoms with van der Waals surface area (Å²) in [5.41, 5.74) is -0.914. The molecule has 0 fully saturated rings. The van der Waals surface area contributed by atoms with E-state index in [0.29, 0.717) is 5.56 Å². The van der Waals surface area contributed by atoms with Crippen LogP contribution in [-0.2, 0) is 5.60 Å². The minimum atomic E-state index is -1.40. The van der Waals surface area contributed by atoms with E-state index in [1.807, 2.05) is 0 Å². The number of benzene rings is 2. The van der Waals surface area contributed by atoms with E-state index in [0.717, 1.165) is 12.1 Å². The quantitative estimate of drug-likeness (QED) is 0.867. The van der Waals surface area contributed by atoms with Crippen LogP contribution in [0.2, 0.25) is 0 Å². The normalized spacial score (nSPS) is 13.3. The van der Waals surface area contributed by atoms with Gasteiger partial charge in [0, 0.05) is 0 Å². The van der Waals surface area contributed by atoms with Crippen LogP contribution in [0.1, 0.15) is 12.5 Å². The van der Waals surface area contributed by atoms with Gasteiger partial charge in [-0.05, 0) is 36.8 Å². The van der Waals surface area contributed by atoms with Gasteiger partial charge in [-0.15, -0.1) is 6.42 Å². The van der Waals surface area contributed by atoms with Crippen LogP contribution >= 0.6 is 0 Å². The standard InChI is InChI=1S/C16H12F2O2/c1-3-16(2,19)11-7-9-12(10-8-11)20-15-13(17)5-4-6-14(15)18/h1,4-10,19H,2H3. The fourth-order valence-corrected chi connectivity index (χ4v) is 1.63. The highest BCUT2D eigenvalue weighted by Crippen LogP contribution is 2.29. The van der Waals surface area contributed by atoms with Gasteiger partial charge >= 0.3 is 0 Å². The van der Waals surface area contributed by atoms with Gasteiger partial charge in [-0.2, -0.15) is 0 Å². The second kappa shape index (κ2) is 5.32. The summed E-state index contributed by atoms with van der Waals surface area (Å²) in [6, 6.07) is 9.50. The molecule has 2 rings (SSSR count). The second-order valence-corrected chi connectivity index (χ2v) is 4.39. The molecule has 0 aromatic heterocycles. The van der Waals surface area contributed by atoms with Crippen LogP contribution in [0.3, 0.4) is 0 Å². The Morgan fingerprint density at radius 1 is 1.10 bits per heavy atom. The van der Waals surface area contributed by atoms with Gasteiger partial charge in [0.1, 0.15) is 11.4 Å². The molecule has 1 unspecified atom stereocenters. The molecule has 0 saturated heterocycles. The molecule has 0 bridgehead atoms. The van der Waals surface area contributed by atoms with Crippen LogP contribution in [0.15, 0.2) is 42.5 Å². The minimum absolute atomic E-state index is 0.241. The Labute approximate surface area is 115 Å². The summed E-state index contributed by atoms with van der Waals surface area (Å²) in [6.45, 7) is 1.47. The molecule has 0 aliphatic rings. The molecule has 1 N–H and O–H groups in total. The van der Waals surface area contributed by atoms with Gasteiger partial charge in [-0.3, -0.25) is 0 Å². The van der Waals surface area contributed by atoms with Crippen molar-refractivity contribution in [3.8, 4) is 23.8 Å². The van der Waals surface area contributed by atoms with E-state index in [1.54, 1.807) is 0 Å². The summed E-state index contributed by atoms with van der Waals surface area (Å²) in [5.74, 6) is 0.438. The Kier molecular flexibility index (Phi) is 3.73. The van der Waals surface area contributed by atoms with Crippen LogP contribution in [-0.4, -0.2) is 5.11 Å². The molecule has 0 saturated carbocycles. The minimum Gasteiger partial charge on any atom is -0.451 e. The monoisotopic (exact) mass is 274 g/mol. The number of rotatable bonds is 3. The first-order chi connectivity index (χ1) is 9.44. The zero-order valence-corrected chi connectivity index (χ0v) is 10.7. The van der Waals surface area contributed by atoms with E-state index in [1.165, 1.54) is 37.3 Å². The summed E-state index contributed by atoms with van der Waals surface area (Å²) in [7, 11) is 0. The molecule has 2 aromatic rings. The lowest BCUT2D eigenvalue weighted by Crippen LogP contribution is -2.17. The maximum Gasteiger partial charge on any atom is 0.198 e. The van der Waals surface area contributed by atoms with Crippen molar-refractivity contribution in [3.05, 3.63) is 59.7 Å². The van der Waals surface area contributed by atoms with Crippen LogP contribution in [0.4, 0.5) is 8.78 Å². The summed E-state index contributed by atoms with van der Waals surface area (Å²) >= 11 is 0. The highest BCUT2D eigenvalue weighted by molar-refractivity contribution is 5.38.